The molecule has 1 aliphatic rings. The number of carbonyl (C=O) groups is 1. The van der Waals surface area contributed by atoms with E-state index in [1.54, 1.807) is 17.0 Å². The third kappa shape index (κ3) is 3.83. The van der Waals surface area contributed by atoms with E-state index < -0.39 is 22.5 Å². The van der Waals surface area contributed by atoms with E-state index in [0.717, 1.165) is 0 Å². The van der Waals surface area contributed by atoms with E-state index >= 15 is 0 Å². The summed E-state index contributed by atoms with van der Waals surface area (Å²) in [5.41, 5.74) is -0.236. The average Bonchev–Trinajstić information content (AvgIpc) is 2.94. The first-order valence-corrected chi connectivity index (χ1v) is 8.27. The molecule has 2 heterocycles. The van der Waals surface area contributed by atoms with Gasteiger partial charge >= 0.3 is 6.09 Å². The van der Waals surface area contributed by atoms with E-state index in [2.05, 4.69) is 4.98 Å². The first kappa shape index (κ1) is 16.4. The molecule has 1 saturated heterocycles. The van der Waals surface area contributed by atoms with E-state index in [-0.39, 0.29) is 5.25 Å². The van der Waals surface area contributed by atoms with Gasteiger partial charge in [-0.15, -0.1) is 0 Å². The molecule has 0 saturated carbocycles. The molecule has 0 radical (unpaired) electrons. The Kier molecular flexibility index (Phi) is 4.81. The standard InChI is InChI=1S/C15H19N3O3S/c1-15(2,3)21-14(19)18-8-6-12(10-18)22(20)13-11(9-16)5-4-7-17-13/h4-5,7,12H,6,8,10H2,1-3H3/t12-,22+/m0/s1. The maximum atomic E-state index is 12.6. The van der Waals surface area contributed by atoms with Crippen molar-refractivity contribution in [2.45, 2.75) is 43.1 Å². The number of hydrogen-bond acceptors (Lipinski definition) is 5. The van der Waals surface area contributed by atoms with E-state index in [4.69, 9.17) is 10.00 Å². The zero-order chi connectivity index (χ0) is 16.3. The molecule has 22 heavy (non-hydrogen) atoms. The molecule has 2 atom stereocenters. The van der Waals surface area contributed by atoms with Crippen LogP contribution < -0.4 is 0 Å². The molecule has 118 valence electrons. The van der Waals surface area contributed by atoms with Crippen LogP contribution in [0, 0.1) is 11.3 Å². The summed E-state index contributed by atoms with van der Waals surface area (Å²) in [6, 6.07) is 5.24. The lowest BCUT2D eigenvalue weighted by atomic mass is 10.2. The summed E-state index contributed by atoms with van der Waals surface area (Å²) in [4.78, 5) is 17.6. The van der Waals surface area contributed by atoms with Gasteiger partial charge in [-0.1, -0.05) is 0 Å². The minimum atomic E-state index is -1.41. The summed E-state index contributed by atoms with van der Waals surface area (Å²) in [5, 5.41) is 9.13. The lowest BCUT2D eigenvalue weighted by Gasteiger charge is -2.24. The van der Waals surface area contributed by atoms with E-state index in [9.17, 15) is 9.00 Å². The molecule has 0 aromatic carbocycles. The van der Waals surface area contributed by atoms with Gasteiger partial charge in [0, 0.05) is 19.3 Å². The van der Waals surface area contributed by atoms with Gasteiger partial charge in [0.25, 0.3) is 0 Å². The van der Waals surface area contributed by atoms with Gasteiger partial charge < -0.3 is 9.64 Å². The van der Waals surface area contributed by atoms with Crippen LogP contribution in [0.2, 0.25) is 0 Å². The Morgan fingerprint density at radius 1 is 1.55 bits per heavy atom. The fourth-order valence-corrected chi connectivity index (χ4v) is 3.64. The molecule has 1 fully saturated rings. The number of ether oxygens (including phenoxy) is 1. The SMILES string of the molecule is CC(C)(C)OC(=O)N1CC[C@H]([S@@](=O)c2ncccc2C#N)C1. The predicted octanol–water partition coefficient (Wildman–Crippen LogP) is 2.07. The Labute approximate surface area is 132 Å². The summed E-state index contributed by atoms with van der Waals surface area (Å²) < 4.78 is 17.9. The highest BCUT2D eigenvalue weighted by molar-refractivity contribution is 7.85. The van der Waals surface area contributed by atoms with Crippen molar-refractivity contribution in [1.29, 1.82) is 5.26 Å². The first-order valence-electron chi connectivity index (χ1n) is 7.05. The maximum absolute atomic E-state index is 12.6. The number of rotatable bonds is 2. The second-order valence-electron chi connectivity index (χ2n) is 6.10. The smallest absolute Gasteiger partial charge is 0.410 e. The highest BCUT2D eigenvalue weighted by Crippen LogP contribution is 2.22. The fraction of sp³-hybridized carbons (Fsp3) is 0.533. The minimum Gasteiger partial charge on any atom is -0.444 e. The molecule has 0 bridgehead atoms. The summed E-state index contributed by atoms with van der Waals surface area (Å²) >= 11 is 0. The highest BCUT2D eigenvalue weighted by atomic mass is 32.2. The molecule has 6 nitrogen and oxygen atoms in total. The number of likely N-dealkylation sites (tertiary alicyclic amines) is 1. The molecule has 0 N–H and O–H groups in total. The van der Waals surface area contributed by atoms with Crippen LogP contribution in [0.3, 0.4) is 0 Å². The van der Waals surface area contributed by atoms with Gasteiger partial charge in [0.05, 0.1) is 21.6 Å². The Bertz CT molecular complexity index is 634. The number of aromatic nitrogens is 1. The van der Waals surface area contributed by atoms with Gasteiger partial charge in [0.15, 0.2) is 0 Å². The van der Waals surface area contributed by atoms with Crippen LogP contribution in [0.1, 0.15) is 32.8 Å². The molecule has 0 unspecified atom stereocenters. The summed E-state index contributed by atoms with van der Waals surface area (Å²) in [6.45, 7) is 6.28. The molecule has 1 aromatic rings. The third-order valence-electron chi connectivity index (χ3n) is 3.18. The summed E-state index contributed by atoms with van der Waals surface area (Å²) in [5.74, 6) is 0. The third-order valence-corrected chi connectivity index (χ3v) is 4.88. The zero-order valence-electron chi connectivity index (χ0n) is 12.9. The first-order chi connectivity index (χ1) is 10.3. The lowest BCUT2D eigenvalue weighted by Crippen LogP contribution is -2.36. The monoisotopic (exact) mass is 321 g/mol. The van der Waals surface area contributed by atoms with Crippen molar-refractivity contribution in [3.63, 3.8) is 0 Å². The average molecular weight is 321 g/mol. The van der Waals surface area contributed by atoms with Gasteiger partial charge in [-0.25, -0.2) is 9.78 Å². The number of carbonyl (C=O) groups excluding carboxylic acids is 1. The van der Waals surface area contributed by atoms with Gasteiger partial charge in [0.1, 0.15) is 16.7 Å². The molecular weight excluding hydrogens is 302 g/mol. The van der Waals surface area contributed by atoms with Gasteiger partial charge in [-0.2, -0.15) is 5.26 Å². The minimum absolute atomic E-state index is 0.227. The molecule has 2 rings (SSSR count). The van der Waals surface area contributed by atoms with Crippen molar-refractivity contribution in [2.24, 2.45) is 0 Å². The molecule has 1 aliphatic heterocycles. The number of hydrogen-bond donors (Lipinski definition) is 0. The van der Waals surface area contributed by atoms with Crippen molar-refractivity contribution < 1.29 is 13.7 Å². The highest BCUT2D eigenvalue weighted by Gasteiger charge is 2.34. The van der Waals surface area contributed by atoms with Crippen LogP contribution in [0.4, 0.5) is 4.79 Å². The topological polar surface area (TPSA) is 83.3 Å². The van der Waals surface area contributed by atoms with Crippen LogP contribution in [0.15, 0.2) is 23.4 Å². The van der Waals surface area contributed by atoms with Gasteiger partial charge in [-0.05, 0) is 39.3 Å². The molecule has 0 spiro atoms. The van der Waals surface area contributed by atoms with Crippen LogP contribution in [-0.4, -0.2) is 44.1 Å². The second-order valence-corrected chi connectivity index (χ2v) is 7.75. The number of nitriles is 1. The predicted molar refractivity (Wildman–Crippen MR) is 81.6 cm³/mol. The van der Waals surface area contributed by atoms with Crippen molar-refractivity contribution in [1.82, 2.24) is 9.88 Å². The van der Waals surface area contributed by atoms with Crippen LogP contribution in [0.25, 0.3) is 0 Å². The van der Waals surface area contributed by atoms with Crippen molar-refractivity contribution >= 4 is 16.9 Å². The normalized spacial score (nSPS) is 19.5. The van der Waals surface area contributed by atoms with E-state index in [1.807, 2.05) is 26.8 Å². The number of pyridine rings is 1. The van der Waals surface area contributed by atoms with Crippen molar-refractivity contribution in [3.8, 4) is 6.07 Å². The van der Waals surface area contributed by atoms with Crippen molar-refractivity contribution in [3.05, 3.63) is 23.9 Å². The van der Waals surface area contributed by atoms with Gasteiger partial charge in [0.2, 0.25) is 0 Å². The summed E-state index contributed by atoms with van der Waals surface area (Å²) in [6.07, 6.45) is 1.73. The van der Waals surface area contributed by atoms with Gasteiger partial charge in [-0.3, -0.25) is 4.21 Å². The molecule has 0 aliphatic carbocycles. The van der Waals surface area contributed by atoms with E-state index in [0.29, 0.717) is 30.1 Å². The van der Waals surface area contributed by atoms with Crippen LogP contribution in [-0.2, 0) is 15.5 Å². The largest absolute Gasteiger partial charge is 0.444 e. The Morgan fingerprint density at radius 2 is 2.27 bits per heavy atom. The Hall–Kier alpha value is -1.94. The summed E-state index contributed by atoms with van der Waals surface area (Å²) in [7, 11) is -1.41. The van der Waals surface area contributed by atoms with E-state index in [1.165, 1.54) is 6.20 Å². The Morgan fingerprint density at radius 3 is 2.91 bits per heavy atom. The molecular formula is C15H19N3O3S. The second kappa shape index (κ2) is 6.44. The number of amides is 1. The van der Waals surface area contributed by atoms with Crippen LogP contribution in [0.5, 0.6) is 0 Å². The zero-order valence-corrected chi connectivity index (χ0v) is 13.7. The Balaban J connectivity index is 2.06. The van der Waals surface area contributed by atoms with Crippen molar-refractivity contribution in [2.75, 3.05) is 13.1 Å². The van der Waals surface area contributed by atoms with Crippen LogP contribution >= 0.6 is 0 Å². The maximum Gasteiger partial charge on any atom is 0.410 e. The lowest BCUT2D eigenvalue weighted by molar-refractivity contribution is 0.0295. The molecule has 1 amide bonds. The quantitative estimate of drug-likeness (QED) is 0.832. The molecule has 7 heteroatoms. The fourth-order valence-electron chi connectivity index (χ4n) is 2.19. The number of nitrogens with zero attached hydrogens (tertiary/aromatic N) is 3. The molecule has 1 aromatic heterocycles.